The van der Waals surface area contributed by atoms with Crippen molar-refractivity contribution < 1.29 is 0 Å². The lowest BCUT2D eigenvalue weighted by Crippen LogP contribution is -2.19. The molecule has 0 aromatic carbocycles. The molecule has 2 aromatic rings. The second-order valence-electron chi connectivity index (χ2n) is 4.25. The Labute approximate surface area is 116 Å². The maximum absolute atomic E-state index is 4.51. The molecule has 18 heavy (non-hydrogen) atoms. The molecule has 0 amide bonds. The first kappa shape index (κ1) is 13.0. The Morgan fingerprint density at radius 3 is 2.78 bits per heavy atom. The van der Waals surface area contributed by atoms with Crippen molar-refractivity contribution in [1.82, 2.24) is 9.97 Å². The first-order valence-electron chi connectivity index (χ1n) is 5.84. The molecular formula is C14H16BrN3. The summed E-state index contributed by atoms with van der Waals surface area (Å²) in [6.45, 7) is 2.77. The van der Waals surface area contributed by atoms with E-state index < -0.39 is 0 Å². The number of hydrogen-bond acceptors (Lipinski definition) is 3. The van der Waals surface area contributed by atoms with E-state index in [4.69, 9.17) is 0 Å². The van der Waals surface area contributed by atoms with Gasteiger partial charge < -0.3 is 4.90 Å². The van der Waals surface area contributed by atoms with Gasteiger partial charge >= 0.3 is 0 Å². The number of aromatic nitrogens is 2. The van der Waals surface area contributed by atoms with Crippen LogP contribution in [-0.4, -0.2) is 17.0 Å². The molecule has 2 aromatic heterocycles. The molecule has 3 nitrogen and oxygen atoms in total. The Morgan fingerprint density at radius 2 is 2.06 bits per heavy atom. The summed E-state index contributed by atoms with van der Waals surface area (Å²) in [4.78, 5) is 11.1. The van der Waals surface area contributed by atoms with Crippen molar-refractivity contribution in [3.05, 3.63) is 53.5 Å². The number of rotatable bonds is 4. The standard InChI is InChI=1S/C14H16BrN3/c1-11-5-3-7-13(17-11)10-18(2)14-12(9-15)6-4-8-16-14/h3-8H,9-10H2,1-2H3. The lowest BCUT2D eigenvalue weighted by Gasteiger charge is -2.20. The Balaban J connectivity index is 2.19. The van der Waals surface area contributed by atoms with Crippen LogP contribution >= 0.6 is 15.9 Å². The van der Waals surface area contributed by atoms with Crippen LogP contribution in [0.2, 0.25) is 0 Å². The van der Waals surface area contributed by atoms with Gasteiger partial charge in [0, 0.05) is 29.8 Å². The van der Waals surface area contributed by atoms with Gasteiger partial charge in [0.15, 0.2) is 0 Å². The van der Waals surface area contributed by atoms with Gasteiger partial charge in [-0.05, 0) is 25.1 Å². The third-order valence-corrected chi connectivity index (χ3v) is 3.32. The Bertz CT molecular complexity index is 528. The first-order chi connectivity index (χ1) is 8.70. The molecule has 94 valence electrons. The summed E-state index contributed by atoms with van der Waals surface area (Å²) in [6, 6.07) is 10.1. The number of alkyl halides is 1. The SMILES string of the molecule is Cc1cccc(CN(C)c2ncccc2CBr)n1. The molecule has 4 heteroatoms. The summed E-state index contributed by atoms with van der Waals surface area (Å²) in [7, 11) is 2.04. The molecule has 0 aliphatic carbocycles. The summed E-state index contributed by atoms with van der Waals surface area (Å²) in [5, 5.41) is 0.807. The number of aryl methyl sites for hydroxylation is 1. The van der Waals surface area contributed by atoms with E-state index in [1.807, 2.05) is 44.4 Å². The van der Waals surface area contributed by atoms with Crippen LogP contribution in [0.4, 0.5) is 5.82 Å². The van der Waals surface area contributed by atoms with Crippen molar-refractivity contribution in [3.63, 3.8) is 0 Å². The van der Waals surface area contributed by atoms with E-state index in [0.29, 0.717) is 0 Å². The number of pyridine rings is 2. The summed E-state index contributed by atoms with van der Waals surface area (Å²) >= 11 is 3.49. The van der Waals surface area contributed by atoms with Crippen molar-refractivity contribution in [1.29, 1.82) is 0 Å². The molecule has 0 spiro atoms. The smallest absolute Gasteiger partial charge is 0.132 e. The first-order valence-corrected chi connectivity index (χ1v) is 6.96. The van der Waals surface area contributed by atoms with Crippen LogP contribution in [0.3, 0.4) is 0 Å². The van der Waals surface area contributed by atoms with Crippen LogP contribution in [-0.2, 0) is 11.9 Å². The quantitative estimate of drug-likeness (QED) is 0.812. The van der Waals surface area contributed by atoms with Crippen molar-refractivity contribution in [2.75, 3.05) is 11.9 Å². The number of anilines is 1. The topological polar surface area (TPSA) is 29.0 Å². The van der Waals surface area contributed by atoms with Gasteiger partial charge in [-0.15, -0.1) is 0 Å². The van der Waals surface area contributed by atoms with Crippen LogP contribution in [0.1, 0.15) is 17.0 Å². The van der Waals surface area contributed by atoms with E-state index in [0.717, 1.165) is 29.1 Å². The molecule has 0 atom stereocenters. The van der Waals surface area contributed by atoms with Crippen molar-refractivity contribution in [2.24, 2.45) is 0 Å². The highest BCUT2D eigenvalue weighted by Crippen LogP contribution is 2.19. The maximum atomic E-state index is 4.51. The lowest BCUT2D eigenvalue weighted by molar-refractivity contribution is 0.853. The second-order valence-corrected chi connectivity index (χ2v) is 4.81. The van der Waals surface area contributed by atoms with E-state index in [1.165, 1.54) is 5.56 Å². The lowest BCUT2D eigenvalue weighted by atomic mass is 10.2. The van der Waals surface area contributed by atoms with Gasteiger partial charge in [0.25, 0.3) is 0 Å². The molecule has 0 fully saturated rings. The largest absolute Gasteiger partial charge is 0.354 e. The van der Waals surface area contributed by atoms with E-state index in [-0.39, 0.29) is 0 Å². The molecule has 0 bridgehead atoms. The van der Waals surface area contributed by atoms with Crippen LogP contribution in [0.5, 0.6) is 0 Å². The minimum atomic E-state index is 0.763. The highest BCUT2D eigenvalue weighted by molar-refractivity contribution is 9.08. The minimum absolute atomic E-state index is 0.763. The van der Waals surface area contributed by atoms with Gasteiger partial charge in [-0.1, -0.05) is 28.1 Å². The van der Waals surface area contributed by atoms with Crippen LogP contribution in [0.25, 0.3) is 0 Å². The molecule has 2 rings (SSSR count). The van der Waals surface area contributed by atoms with Crippen molar-refractivity contribution >= 4 is 21.7 Å². The Morgan fingerprint density at radius 1 is 1.22 bits per heavy atom. The highest BCUT2D eigenvalue weighted by Gasteiger charge is 2.08. The monoisotopic (exact) mass is 305 g/mol. The zero-order valence-corrected chi connectivity index (χ0v) is 12.2. The fourth-order valence-electron chi connectivity index (χ4n) is 1.88. The maximum Gasteiger partial charge on any atom is 0.132 e. The predicted molar refractivity (Wildman–Crippen MR) is 77.9 cm³/mol. The second kappa shape index (κ2) is 5.96. The summed E-state index contributed by atoms with van der Waals surface area (Å²) in [5.41, 5.74) is 3.29. The van der Waals surface area contributed by atoms with E-state index in [1.54, 1.807) is 0 Å². The average molecular weight is 306 g/mol. The number of hydrogen-bond donors (Lipinski definition) is 0. The van der Waals surface area contributed by atoms with Gasteiger partial charge in [-0.2, -0.15) is 0 Å². The van der Waals surface area contributed by atoms with Gasteiger partial charge in [-0.25, -0.2) is 4.98 Å². The third kappa shape index (κ3) is 3.07. The molecule has 0 aliphatic heterocycles. The minimum Gasteiger partial charge on any atom is -0.354 e. The van der Waals surface area contributed by atoms with Crippen LogP contribution < -0.4 is 4.90 Å². The molecule has 0 unspecified atom stereocenters. The van der Waals surface area contributed by atoms with Gasteiger partial charge in [0.05, 0.1) is 12.2 Å². The van der Waals surface area contributed by atoms with Crippen molar-refractivity contribution in [3.8, 4) is 0 Å². The van der Waals surface area contributed by atoms with Gasteiger partial charge in [-0.3, -0.25) is 4.98 Å². The summed E-state index contributed by atoms with van der Waals surface area (Å²) in [6.07, 6.45) is 1.82. The normalized spacial score (nSPS) is 10.4. The van der Waals surface area contributed by atoms with E-state index >= 15 is 0 Å². The predicted octanol–water partition coefficient (Wildman–Crippen LogP) is 3.32. The van der Waals surface area contributed by atoms with E-state index in [2.05, 4.69) is 36.9 Å². The molecule has 0 aliphatic rings. The fourth-order valence-corrected chi connectivity index (χ4v) is 2.32. The zero-order chi connectivity index (χ0) is 13.0. The molecule has 0 saturated carbocycles. The molecule has 0 saturated heterocycles. The van der Waals surface area contributed by atoms with Crippen LogP contribution in [0, 0.1) is 6.92 Å². The Hall–Kier alpha value is -1.42. The van der Waals surface area contributed by atoms with Gasteiger partial charge in [0.1, 0.15) is 5.82 Å². The number of halogens is 1. The summed E-state index contributed by atoms with van der Waals surface area (Å²) < 4.78 is 0. The number of nitrogens with zero attached hydrogens (tertiary/aromatic N) is 3. The van der Waals surface area contributed by atoms with Gasteiger partial charge in [0.2, 0.25) is 0 Å². The third-order valence-electron chi connectivity index (χ3n) is 2.72. The average Bonchev–Trinajstić information content (AvgIpc) is 2.38. The fraction of sp³-hybridized carbons (Fsp3) is 0.286. The highest BCUT2D eigenvalue weighted by atomic mass is 79.9. The van der Waals surface area contributed by atoms with Crippen molar-refractivity contribution in [2.45, 2.75) is 18.8 Å². The zero-order valence-electron chi connectivity index (χ0n) is 10.6. The molecule has 0 N–H and O–H groups in total. The molecule has 2 heterocycles. The van der Waals surface area contributed by atoms with Crippen LogP contribution in [0.15, 0.2) is 36.5 Å². The molecule has 0 radical (unpaired) electrons. The molecular weight excluding hydrogens is 290 g/mol. The Kier molecular flexibility index (Phi) is 4.31. The summed E-state index contributed by atoms with van der Waals surface area (Å²) in [5.74, 6) is 0.998. The van der Waals surface area contributed by atoms with E-state index in [9.17, 15) is 0 Å².